The Morgan fingerprint density at radius 2 is 1.88 bits per heavy atom. The summed E-state index contributed by atoms with van der Waals surface area (Å²) in [7, 11) is 0. The van der Waals surface area contributed by atoms with Crippen molar-refractivity contribution in [3.63, 3.8) is 0 Å². The fourth-order valence-corrected chi connectivity index (χ4v) is 3.12. The van der Waals surface area contributed by atoms with E-state index >= 15 is 0 Å². The smallest absolute Gasteiger partial charge is 0.253 e. The molecule has 2 amide bonds. The van der Waals surface area contributed by atoms with E-state index in [-0.39, 0.29) is 11.8 Å². The van der Waals surface area contributed by atoms with Crippen molar-refractivity contribution in [2.24, 2.45) is 5.92 Å². The number of nitrogens with zero attached hydrogens (tertiary/aromatic N) is 3. The van der Waals surface area contributed by atoms with Crippen LogP contribution in [-0.4, -0.2) is 39.6 Å². The molecule has 0 atom stereocenters. The fraction of sp³-hybridized carbons (Fsp3) is 0.450. The molecule has 26 heavy (non-hydrogen) atoms. The molecular formula is C20H26N4O2. The Kier molecular flexibility index (Phi) is 5.71. The lowest BCUT2D eigenvalue weighted by atomic mass is 9.98. The van der Waals surface area contributed by atoms with Crippen molar-refractivity contribution in [1.82, 2.24) is 14.7 Å². The van der Waals surface area contributed by atoms with Crippen LogP contribution in [0.1, 0.15) is 42.1 Å². The Hall–Kier alpha value is -2.63. The summed E-state index contributed by atoms with van der Waals surface area (Å²) in [5, 5.41) is 7.03. The Morgan fingerprint density at radius 1 is 1.19 bits per heavy atom. The van der Waals surface area contributed by atoms with Gasteiger partial charge in [-0.3, -0.25) is 14.3 Å². The third-order valence-corrected chi connectivity index (χ3v) is 4.82. The second-order valence-electron chi connectivity index (χ2n) is 7.13. The molecule has 1 aromatic carbocycles. The topological polar surface area (TPSA) is 67.2 Å². The van der Waals surface area contributed by atoms with Gasteiger partial charge in [-0.1, -0.05) is 6.92 Å². The number of benzene rings is 1. The predicted molar refractivity (Wildman–Crippen MR) is 101 cm³/mol. The number of aryl methyl sites for hydroxylation is 2. The van der Waals surface area contributed by atoms with Crippen molar-refractivity contribution in [3.05, 3.63) is 47.8 Å². The lowest BCUT2D eigenvalue weighted by Crippen LogP contribution is -2.37. The third kappa shape index (κ3) is 4.71. The number of likely N-dealkylation sites (tertiary alicyclic amines) is 1. The van der Waals surface area contributed by atoms with E-state index in [1.165, 1.54) is 0 Å². The first-order valence-corrected chi connectivity index (χ1v) is 9.19. The average molecular weight is 354 g/mol. The molecule has 1 saturated heterocycles. The Balaban J connectivity index is 1.50. The van der Waals surface area contributed by atoms with E-state index in [0.717, 1.165) is 31.5 Å². The lowest BCUT2D eigenvalue weighted by molar-refractivity contribution is -0.116. The number of amides is 2. The van der Waals surface area contributed by atoms with Gasteiger partial charge in [0.15, 0.2) is 0 Å². The van der Waals surface area contributed by atoms with E-state index in [1.54, 1.807) is 35.1 Å². The molecule has 2 heterocycles. The van der Waals surface area contributed by atoms with E-state index in [0.29, 0.717) is 30.1 Å². The van der Waals surface area contributed by atoms with Crippen molar-refractivity contribution in [1.29, 1.82) is 0 Å². The lowest BCUT2D eigenvalue weighted by Gasteiger charge is -2.30. The maximum Gasteiger partial charge on any atom is 0.253 e. The molecule has 3 rings (SSSR count). The Bertz CT molecular complexity index is 758. The number of carbonyl (C=O) groups is 2. The van der Waals surface area contributed by atoms with Crippen molar-refractivity contribution < 1.29 is 9.59 Å². The van der Waals surface area contributed by atoms with E-state index in [2.05, 4.69) is 17.3 Å². The van der Waals surface area contributed by atoms with Crippen LogP contribution < -0.4 is 5.32 Å². The quantitative estimate of drug-likeness (QED) is 0.897. The molecule has 2 aromatic rings. The summed E-state index contributed by atoms with van der Waals surface area (Å²) < 4.78 is 1.76. The number of hydrogen-bond donors (Lipinski definition) is 1. The molecule has 0 spiro atoms. The van der Waals surface area contributed by atoms with Crippen LogP contribution in [0.4, 0.5) is 5.69 Å². The van der Waals surface area contributed by atoms with Crippen LogP contribution in [0.3, 0.4) is 0 Å². The van der Waals surface area contributed by atoms with Gasteiger partial charge >= 0.3 is 0 Å². The van der Waals surface area contributed by atoms with Gasteiger partial charge in [-0.05, 0) is 55.5 Å². The highest BCUT2D eigenvalue weighted by Crippen LogP contribution is 2.19. The van der Waals surface area contributed by atoms with Gasteiger partial charge in [0.25, 0.3) is 5.91 Å². The molecule has 1 aliphatic heterocycles. The van der Waals surface area contributed by atoms with Crippen LogP contribution in [0, 0.1) is 12.8 Å². The van der Waals surface area contributed by atoms with Gasteiger partial charge in [-0.25, -0.2) is 0 Å². The molecule has 0 radical (unpaired) electrons. The SMILES string of the molecule is Cc1cnn(CCC(=O)Nc2ccc(C(=O)N3CCC(C)CC3)cc2)c1. The van der Waals surface area contributed by atoms with Gasteiger partial charge in [0.2, 0.25) is 5.91 Å². The first-order chi connectivity index (χ1) is 12.5. The van der Waals surface area contributed by atoms with Crippen molar-refractivity contribution >= 4 is 17.5 Å². The number of anilines is 1. The zero-order valence-corrected chi connectivity index (χ0v) is 15.4. The van der Waals surface area contributed by atoms with Crippen LogP contribution in [0.15, 0.2) is 36.7 Å². The van der Waals surface area contributed by atoms with Crippen LogP contribution in [-0.2, 0) is 11.3 Å². The summed E-state index contributed by atoms with van der Waals surface area (Å²) in [6.07, 6.45) is 6.17. The predicted octanol–water partition coefficient (Wildman–Crippen LogP) is 3.09. The molecular weight excluding hydrogens is 328 g/mol. The van der Waals surface area contributed by atoms with Gasteiger partial charge in [-0.2, -0.15) is 5.10 Å². The zero-order chi connectivity index (χ0) is 18.5. The number of rotatable bonds is 5. The minimum Gasteiger partial charge on any atom is -0.339 e. The van der Waals surface area contributed by atoms with E-state index < -0.39 is 0 Å². The summed E-state index contributed by atoms with van der Waals surface area (Å²) in [5.41, 5.74) is 2.45. The number of nitrogens with one attached hydrogen (secondary N) is 1. The molecule has 0 bridgehead atoms. The summed E-state index contributed by atoms with van der Waals surface area (Å²) in [5.74, 6) is 0.702. The average Bonchev–Trinajstić information content (AvgIpc) is 3.06. The molecule has 6 heteroatoms. The molecule has 138 valence electrons. The number of carbonyl (C=O) groups excluding carboxylic acids is 2. The van der Waals surface area contributed by atoms with Gasteiger partial charge in [0, 0.05) is 43.5 Å². The second-order valence-corrected chi connectivity index (χ2v) is 7.13. The molecule has 1 fully saturated rings. The van der Waals surface area contributed by atoms with E-state index in [9.17, 15) is 9.59 Å². The highest BCUT2D eigenvalue weighted by atomic mass is 16.2. The molecule has 1 aromatic heterocycles. The molecule has 0 saturated carbocycles. The monoisotopic (exact) mass is 354 g/mol. The molecule has 0 aliphatic carbocycles. The fourth-order valence-electron chi connectivity index (χ4n) is 3.12. The minimum atomic E-state index is -0.0674. The van der Waals surface area contributed by atoms with Crippen LogP contribution in [0.2, 0.25) is 0 Å². The standard InChI is InChI=1S/C20H26N4O2/c1-15-7-10-23(11-8-15)20(26)17-3-5-18(6-4-17)22-19(25)9-12-24-14-16(2)13-21-24/h3-6,13-15H,7-12H2,1-2H3,(H,22,25). The summed E-state index contributed by atoms with van der Waals surface area (Å²) in [4.78, 5) is 26.5. The van der Waals surface area contributed by atoms with Gasteiger partial charge in [0.05, 0.1) is 6.20 Å². The summed E-state index contributed by atoms with van der Waals surface area (Å²) in [6, 6.07) is 7.14. The maximum absolute atomic E-state index is 12.5. The zero-order valence-electron chi connectivity index (χ0n) is 15.4. The first-order valence-electron chi connectivity index (χ1n) is 9.19. The largest absolute Gasteiger partial charge is 0.339 e. The summed E-state index contributed by atoms with van der Waals surface area (Å²) in [6.45, 7) is 6.39. The Morgan fingerprint density at radius 3 is 2.50 bits per heavy atom. The third-order valence-electron chi connectivity index (χ3n) is 4.82. The van der Waals surface area contributed by atoms with Gasteiger partial charge in [-0.15, -0.1) is 0 Å². The molecule has 1 N–H and O–H groups in total. The number of hydrogen-bond acceptors (Lipinski definition) is 3. The molecule has 6 nitrogen and oxygen atoms in total. The highest BCUT2D eigenvalue weighted by Gasteiger charge is 2.21. The number of aromatic nitrogens is 2. The van der Waals surface area contributed by atoms with Crippen molar-refractivity contribution in [2.45, 2.75) is 39.7 Å². The Labute approximate surface area is 154 Å². The van der Waals surface area contributed by atoms with Crippen LogP contribution >= 0.6 is 0 Å². The van der Waals surface area contributed by atoms with E-state index in [1.807, 2.05) is 18.0 Å². The van der Waals surface area contributed by atoms with Crippen molar-refractivity contribution in [2.75, 3.05) is 18.4 Å². The molecule has 1 aliphatic rings. The first kappa shape index (κ1) is 18.2. The maximum atomic E-state index is 12.5. The van der Waals surface area contributed by atoms with Crippen LogP contribution in [0.5, 0.6) is 0 Å². The number of piperidine rings is 1. The van der Waals surface area contributed by atoms with Crippen molar-refractivity contribution in [3.8, 4) is 0 Å². The van der Waals surface area contributed by atoms with Crippen LogP contribution in [0.25, 0.3) is 0 Å². The summed E-state index contributed by atoms with van der Waals surface area (Å²) >= 11 is 0. The minimum absolute atomic E-state index is 0.0674. The second kappa shape index (κ2) is 8.17. The normalized spacial score (nSPS) is 15.1. The molecule has 0 unspecified atom stereocenters. The van der Waals surface area contributed by atoms with E-state index in [4.69, 9.17) is 0 Å². The highest BCUT2D eigenvalue weighted by molar-refractivity contribution is 5.95. The van der Waals surface area contributed by atoms with Gasteiger partial charge in [0.1, 0.15) is 0 Å². The van der Waals surface area contributed by atoms with Gasteiger partial charge < -0.3 is 10.2 Å².